The van der Waals surface area contributed by atoms with Gasteiger partial charge in [0.25, 0.3) is 0 Å². The van der Waals surface area contributed by atoms with Crippen LogP contribution in [0.4, 0.5) is 4.39 Å². The van der Waals surface area contributed by atoms with Crippen molar-refractivity contribution < 1.29 is 23.5 Å². The topological polar surface area (TPSA) is 77.4 Å². The van der Waals surface area contributed by atoms with Crippen molar-refractivity contribution in [1.82, 2.24) is 9.88 Å². The molecular formula is C20H21FN2O4. The van der Waals surface area contributed by atoms with Gasteiger partial charge in [-0.2, -0.15) is 0 Å². The fourth-order valence-electron chi connectivity index (χ4n) is 3.21. The van der Waals surface area contributed by atoms with Gasteiger partial charge in [-0.05, 0) is 44.0 Å². The van der Waals surface area contributed by atoms with E-state index in [1.807, 2.05) is 18.4 Å². The van der Waals surface area contributed by atoms with E-state index in [2.05, 4.69) is 5.32 Å². The highest BCUT2D eigenvalue weighted by molar-refractivity contribution is 5.99. The first-order chi connectivity index (χ1) is 12.8. The lowest BCUT2D eigenvalue weighted by molar-refractivity contribution is -0.145. The largest absolute Gasteiger partial charge is 0.456 e. The molecule has 3 rings (SSSR count). The molecule has 1 aliphatic rings. The minimum atomic E-state index is -0.670. The Kier molecular flexibility index (Phi) is 5.39. The van der Waals surface area contributed by atoms with E-state index in [4.69, 9.17) is 4.74 Å². The number of Topliss-reactive ketones (excluding diaryl/α,β-unsaturated/α-hetero) is 1. The molecule has 0 unspecified atom stereocenters. The van der Waals surface area contributed by atoms with Crippen molar-refractivity contribution in [3.63, 3.8) is 0 Å². The summed E-state index contributed by atoms with van der Waals surface area (Å²) in [7, 11) is 0. The molecule has 142 valence electrons. The third-order valence-corrected chi connectivity index (χ3v) is 4.75. The summed E-state index contributed by atoms with van der Waals surface area (Å²) in [4.78, 5) is 35.6. The monoisotopic (exact) mass is 372 g/mol. The van der Waals surface area contributed by atoms with E-state index in [-0.39, 0.29) is 30.5 Å². The minimum Gasteiger partial charge on any atom is -0.456 e. The Balaban J connectivity index is 1.66. The molecule has 1 N–H and O–H groups in total. The molecule has 0 aliphatic carbocycles. The Bertz CT molecular complexity index is 886. The van der Waals surface area contributed by atoms with Gasteiger partial charge in [0.15, 0.2) is 6.61 Å². The molecule has 0 radical (unpaired) electrons. The van der Waals surface area contributed by atoms with E-state index in [1.165, 1.54) is 12.1 Å². The molecule has 1 aliphatic heterocycles. The average Bonchev–Trinajstić information content (AvgIpc) is 3.19. The summed E-state index contributed by atoms with van der Waals surface area (Å²) >= 11 is 0. The molecule has 2 heterocycles. The molecule has 1 aromatic heterocycles. The zero-order chi connectivity index (χ0) is 19.6. The predicted octanol–water partition coefficient (Wildman–Crippen LogP) is 2.30. The quantitative estimate of drug-likeness (QED) is 0.623. The van der Waals surface area contributed by atoms with Crippen molar-refractivity contribution in [2.45, 2.75) is 39.3 Å². The van der Waals surface area contributed by atoms with Crippen molar-refractivity contribution in [1.29, 1.82) is 0 Å². The van der Waals surface area contributed by atoms with Crippen LogP contribution in [-0.2, 0) is 20.9 Å². The smallest absolute Gasteiger partial charge is 0.329 e. The number of nitrogens with one attached hydrogen (secondary N) is 1. The number of nitrogens with zero attached hydrogens (tertiary/aromatic N) is 1. The summed E-state index contributed by atoms with van der Waals surface area (Å²) in [6, 6.07) is 7.29. The first-order valence-corrected chi connectivity index (χ1v) is 8.75. The molecule has 0 spiro atoms. The highest BCUT2D eigenvalue weighted by Crippen LogP contribution is 2.18. The van der Waals surface area contributed by atoms with E-state index in [1.54, 1.807) is 18.2 Å². The van der Waals surface area contributed by atoms with Crippen LogP contribution in [0.25, 0.3) is 0 Å². The van der Waals surface area contributed by atoms with Gasteiger partial charge in [0.05, 0.1) is 0 Å². The number of amides is 1. The fraction of sp³-hybridized carbons (Fsp3) is 0.350. The second-order valence-corrected chi connectivity index (χ2v) is 6.69. The van der Waals surface area contributed by atoms with Crippen molar-refractivity contribution in [2.24, 2.45) is 0 Å². The number of esters is 1. The number of aryl methyl sites for hydroxylation is 1. The normalized spacial score (nSPS) is 16.3. The number of carbonyl (C=O) groups excluding carboxylic acids is 3. The maximum absolute atomic E-state index is 13.1. The predicted molar refractivity (Wildman–Crippen MR) is 95.9 cm³/mol. The van der Waals surface area contributed by atoms with Crippen molar-refractivity contribution >= 4 is 17.7 Å². The van der Waals surface area contributed by atoms with Crippen molar-refractivity contribution in [3.8, 4) is 0 Å². The highest BCUT2D eigenvalue weighted by Gasteiger charge is 2.29. The first kappa shape index (κ1) is 18.8. The zero-order valence-electron chi connectivity index (χ0n) is 15.3. The van der Waals surface area contributed by atoms with Crippen LogP contribution in [-0.4, -0.2) is 34.9 Å². The van der Waals surface area contributed by atoms with Gasteiger partial charge >= 0.3 is 5.97 Å². The number of rotatable bonds is 6. The van der Waals surface area contributed by atoms with E-state index in [0.717, 1.165) is 17.0 Å². The van der Waals surface area contributed by atoms with Gasteiger partial charge in [-0.3, -0.25) is 9.59 Å². The summed E-state index contributed by atoms with van der Waals surface area (Å²) < 4.78 is 20.1. The van der Waals surface area contributed by atoms with Crippen molar-refractivity contribution in [2.75, 3.05) is 6.61 Å². The van der Waals surface area contributed by atoms with Gasteiger partial charge < -0.3 is 14.6 Å². The fourth-order valence-corrected chi connectivity index (χ4v) is 3.21. The van der Waals surface area contributed by atoms with Gasteiger partial charge in [0.1, 0.15) is 11.9 Å². The van der Waals surface area contributed by atoms with Gasteiger partial charge in [-0.25, -0.2) is 9.18 Å². The maximum Gasteiger partial charge on any atom is 0.329 e. The van der Waals surface area contributed by atoms with Crippen LogP contribution in [0.1, 0.15) is 40.2 Å². The number of hydrogen-bond acceptors (Lipinski definition) is 4. The van der Waals surface area contributed by atoms with Crippen LogP contribution in [0, 0.1) is 19.7 Å². The van der Waals surface area contributed by atoms with Crippen LogP contribution in [0.2, 0.25) is 0 Å². The van der Waals surface area contributed by atoms with E-state index in [0.29, 0.717) is 18.5 Å². The SMILES string of the molecule is Cc1cc(C(=O)COC(=O)[C@@H]2CCC(=O)N2)c(C)n1Cc1ccc(F)cc1. The Morgan fingerprint density at radius 1 is 1.26 bits per heavy atom. The molecule has 1 amide bonds. The Morgan fingerprint density at radius 2 is 1.96 bits per heavy atom. The summed E-state index contributed by atoms with van der Waals surface area (Å²) in [5.41, 5.74) is 3.04. The molecule has 0 saturated carbocycles. The molecule has 27 heavy (non-hydrogen) atoms. The number of ketones is 1. The van der Waals surface area contributed by atoms with E-state index in [9.17, 15) is 18.8 Å². The number of carbonyl (C=O) groups is 3. The van der Waals surface area contributed by atoms with E-state index >= 15 is 0 Å². The van der Waals surface area contributed by atoms with Crippen molar-refractivity contribution in [3.05, 3.63) is 58.7 Å². The van der Waals surface area contributed by atoms with E-state index < -0.39 is 12.0 Å². The van der Waals surface area contributed by atoms with Crippen LogP contribution >= 0.6 is 0 Å². The maximum atomic E-state index is 13.1. The van der Waals surface area contributed by atoms with Crippen LogP contribution in [0.3, 0.4) is 0 Å². The van der Waals surface area contributed by atoms with Gasteiger partial charge in [0.2, 0.25) is 11.7 Å². The number of aromatic nitrogens is 1. The lowest BCUT2D eigenvalue weighted by Crippen LogP contribution is -2.35. The number of hydrogen-bond donors (Lipinski definition) is 1. The van der Waals surface area contributed by atoms with Gasteiger partial charge in [-0.1, -0.05) is 12.1 Å². The number of halogens is 1. The summed E-state index contributed by atoms with van der Waals surface area (Å²) in [5, 5.41) is 2.52. The van der Waals surface area contributed by atoms with Crippen LogP contribution < -0.4 is 5.32 Å². The summed E-state index contributed by atoms with van der Waals surface area (Å²) in [5.74, 6) is -1.37. The Morgan fingerprint density at radius 3 is 2.59 bits per heavy atom. The number of benzene rings is 1. The summed E-state index contributed by atoms with van der Waals surface area (Å²) in [6.45, 7) is 3.85. The standard InChI is InChI=1S/C20H21FN2O4/c1-12-9-16(13(2)23(12)10-14-3-5-15(21)6-4-14)18(24)11-27-20(26)17-7-8-19(25)22-17/h3-6,9,17H,7-8,10-11H2,1-2H3,(H,22,25)/t17-/m0/s1. The molecule has 1 fully saturated rings. The third-order valence-electron chi connectivity index (χ3n) is 4.75. The minimum absolute atomic E-state index is 0.187. The van der Waals surface area contributed by atoms with Crippen LogP contribution in [0.15, 0.2) is 30.3 Å². The molecule has 1 atom stereocenters. The molecule has 1 aromatic carbocycles. The second kappa shape index (κ2) is 7.73. The zero-order valence-corrected chi connectivity index (χ0v) is 15.3. The highest BCUT2D eigenvalue weighted by atomic mass is 19.1. The molecule has 2 aromatic rings. The first-order valence-electron chi connectivity index (χ1n) is 8.75. The third kappa shape index (κ3) is 4.24. The molecule has 6 nitrogen and oxygen atoms in total. The molecule has 0 bridgehead atoms. The van der Waals surface area contributed by atoms with Gasteiger partial charge in [0, 0.05) is 29.9 Å². The Hall–Kier alpha value is -2.96. The average molecular weight is 372 g/mol. The Labute approximate surface area is 156 Å². The molecule has 7 heteroatoms. The lowest BCUT2D eigenvalue weighted by atomic mass is 10.1. The van der Waals surface area contributed by atoms with Crippen LogP contribution in [0.5, 0.6) is 0 Å². The molecule has 1 saturated heterocycles. The lowest BCUT2D eigenvalue weighted by Gasteiger charge is -2.11. The van der Waals surface area contributed by atoms with Gasteiger partial charge in [-0.15, -0.1) is 0 Å². The number of ether oxygens (including phenoxy) is 1. The summed E-state index contributed by atoms with van der Waals surface area (Å²) in [6.07, 6.45) is 0.677. The molecular weight excluding hydrogens is 351 g/mol. The second-order valence-electron chi connectivity index (χ2n) is 6.69.